The Labute approximate surface area is 189 Å². The Balaban J connectivity index is 1.30. The molecule has 1 aliphatic heterocycles. The van der Waals surface area contributed by atoms with Gasteiger partial charge in [0.25, 0.3) is 0 Å². The van der Waals surface area contributed by atoms with Gasteiger partial charge < -0.3 is 10.2 Å². The highest BCUT2D eigenvalue weighted by Crippen LogP contribution is 2.22. The Kier molecular flexibility index (Phi) is 5.70. The van der Waals surface area contributed by atoms with Crippen LogP contribution in [-0.4, -0.2) is 56.5 Å². The van der Waals surface area contributed by atoms with E-state index in [-0.39, 0.29) is 17.5 Å². The molecule has 7 nitrogen and oxygen atoms in total. The van der Waals surface area contributed by atoms with E-state index >= 15 is 0 Å². The Bertz CT molecular complexity index is 1280. The first-order valence-corrected chi connectivity index (χ1v) is 10.7. The van der Waals surface area contributed by atoms with Crippen LogP contribution in [0.15, 0.2) is 66.9 Å². The number of aromatic nitrogens is 3. The van der Waals surface area contributed by atoms with E-state index in [9.17, 15) is 13.6 Å². The second-order valence-electron chi connectivity index (χ2n) is 7.86. The Morgan fingerprint density at radius 1 is 0.939 bits per heavy atom. The smallest absolute Gasteiger partial charge is 0.322 e. The van der Waals surface area contributed by atoms with Gasteiger partial charge >= 0.3 is 6.03 Å². The molecule has 2 aromatic heterocycles. The third-order valence-electron chi connectivity index (χ3n) is 5.71. The van der Waals surface area contributed by atoms with Gasteiger partial charge in [0.15, 0.2) is 5.65 Å². The van der Waals surface area contributed by atoms with Gasteiger partial charge in [0, 0.05) is 38.1 Å². The van der Waals surface area contributed by atoms with Gasteiger partial charge in [0.1, 0.15) is 23.0 Å². The second-order valence-corrected chi connectivity index (χ2v) is 7.86. The summed E-state index contributed by atoms with van der Waals surface area (Å²) in [6.45, 7) is 2.86. The van der Waals surface area contributed by atoms with Gasteiger partial charge in [-0.15, -0.1) is 0 Å². The summed E-state index contributed by atoms with van der Waals surface area (Å²) in [5, 5.41) is 2.64. The van der Waals surface area contributed by atoms with Crippen molar-refractivity contribution < 1.29 is 13.6 Å². The summed E-state index contributed by atoms with van der Waals surface area (Å²) < 4.78 is 29.2. The second kappa shape index (κ2) is 8.95. The molecule has 9 heteroatoms. The number of hydrogen-bond donors (Lipinski definition) is 1. The average molecular weight is 448 g/mol. The van der Waals surface area contributed by atoms with E-state index < -0.39 is 5.82 Å². The number of halogens is 2. The number of nitrogens with one attached hydrogen (secondary N) is 1. The van der Waals surface area contributed by atoms with E-state index in [1.807, 2.05) is 16.7 Å². The number of pyridine rings is 1. The molecule has 2 amide bonds. The fourth-order valence-corrected chi connectivity index (χ4v) is 3.99. The first-order valence-electron chi connectivity index (χ1n) is 10.7. The van der Waals surface area contributed by atoms with E-state index in [0.29, 0.717) is 38.4 Å². The van der Waals surface area contributed by atoms with Gasteiger partial charge in [-0.25, -0.2) is 23.5 Å². The highest BCUT2D eigenvalue weighted by Gasteiger charge is 2.24. The molecule has 0 atom stereocenters. The highest BCUT2D eigenvalue weighted by molar-refractivity contribution is 5.89. The Hall–Kier alpha value is -3.85. The van der Waals surface area contributed by atoms with Crippen LogP contribution in [0, 0.1) is 11.6 Å². The maximum absolute atomic E-state index is 13.8. The van der Waals surface area contributed by atoms with Crippen LogP contribution in [-0.2, 0) is 6.54 Å². The molecule has 0 unspecified atom stereocenters. The van der Waals surface area contributed by atoms with Gasteiger partial charge in [-0.1, -0.05) is 12.1 Å². The lowest BCUT2D eigenvalue weighted by Crippen LogP contribution is -2.49. The summed E-state index contributed by atoms with van der Waals surface area (Å²) in [7, 11) is 0. The molecule has 33 heavy (non-hydrogen) atoms. The Morgan fingerprint density at radius 2 is 1.70 bits per heavy atom. The predicted octanol–water partition coefficient (Wildman–Crippen LogP) is 4.05. The minimum atomic E-state index is -0.460. The molecule has 168 valence electrons. The quantitative estimate of drug-likeness (QED) is 0.512. The molecule has 0 aliphatic carbocycles. The predicted molar refractivity (Wildman–Crippen MR) is 121 cm³/mol. The summed E-state index contributed by atoms with van der Waals surface area (Å²) in [4.78, 5) is 25.6. The van der Waals surface area contributed by atoms with E-state index in [1.54, 1.807) is 35.4 Å². The van der Waals surface area contributed by atoms with Crippen molar-refractivity contribution in [2.75, 3.05) is 31.5 Å². The standard InChI is InChI=1S/C24H22F2N6O/c25-17-7-9-18(10-8-17)32-22(28-21-6-3-11-27-23(21)32)16-30-12-14-31(15-13-30)24(33)29-20-5-2-1-4-19(20)26/h1-11H,12-16H2,(H,29,33). The topological polar surface area (TPSA) is 66.3 Å². The molecular weight excluding hydrogens is 426 g/mol. The van der Waals surface area contributed by atoms with E-state index in [0.717, 1.165) is 17.0 Å². The molecule has 5 rings (SSSR count). The van der Waals surface area contributed by atoms with E-state index in [4.69, 9.17) is 4.98 Å². The number of rotatable bonds is 4. The van der Waals surface area contributed by atoms with Crippen molar-refractivity contribution in [2.45, 2.75) is 6.54 Å². The highest BCUT2D eigenvalue weighted by atomic mass is 19.1. The van der Waals surface area contributed by atoms with Gasteiger partial charge in [0.2, 0.25) is 0 Å². The lowest BCUT2D eigenvalue weighted by Gasteiger charge is -2.34. The zero-order valence-electron chi connectivity index (χ0n) is 17.8. The molecule has 1 fully saturated rings. The number of benzene rings is 2. The molecule has 1 saturated heterocycles. The number of carbonyl (C=O) groups excluding carboxylic acids is 1. The van der Waals surface area contributed by atoms with Gasteiger partial charge in [-0.2, -0.15) is 0 Å². The molecule has 1 N–H and O–H groups in total. The van der Waals surface area contributed by atoms with Crippen LogP contribution in [0.2, 0.25) is 0 Å². The summed E-state index contributed by atoms with van der Waals surface area (Å²) in [5.74, 6) is 0.0276. The Morgan fingerprint density at radius 3 is 2.45 bits per heavy atom. The van der Waals surface area contributed by atoms with Crippen molar-refractivity contribution in [3.05, 3.63) is 84.3 Å². The number of para-hydroxylation sites is 1. The third-order valence-corrected chi connectivity index (χ3v) is 5.71. The molecular formula is C24H22F2N6O. The summed E-state index contributed by atoms with van der Waals surface area (Å²) in [6.07, 6.45) is 1.71. The molecule has 4 aromatic rings. The van der Waals surface area contributed by atoms with E-state index in [1.165, 1.54) is 24.3 Å². The summed E-state index contributed by atoms with van der Waals surface area (Å²) in [6, 6.07) is 15.8. The number of hydrogen-bond acceptors (Lipinski definition) is 4. The zero-order chi connectivity index (χ0) is 22.8. The number of carbonyl (C=O) groups is 1. The minimum absolute atomic E-state index is 0.172. The van der Waals surface area contributed by atoms with Crippen LogP contribution in [0.5, 0.6) is 0 Å². The van der Waals surface area contributed by atoms with Crippen LogP contribution in [0.3, 0.4) is 0 Å². The molecule has 2 aromatic carbocycles. The number of amides is 2. The average Bonchev–Trinajstić information content (AvgIpc) is 3.19. The normalized spacial score (nSPS) is 14.5. The first-order chi connectivity index (χ1) is 16.1. The number of nitrogens with zero attached hydrogens (tertiary/aromatic N) is 5. The van der Waals surface area contributed by atoms with Crippen molar-refractivity contribution in [3.63, 3.8) is 0 Å². The molecule has 0 spiro atoms. The van der Waals surface area contributed by atoms with Gasteiger partial charge in [-0.05, 0) is 48.5 Å². The molecule has 0 radical (unpaired) electrons. The van der Waals surface area contributed by atoms with Crippen LogP contribution < -0.4 is 5.32 Å². The molecule has 3 heterocycles. The minimum Gasteiger partial charge on any atom is -0.322 e. The van der Waals surface area contributed by atoms with Gasteiger partial charge in [0.05, 0.1) is 12.2 Å². The summed E-state index contributed by atoms with van der Waals surface area (Å²) in [5.41, 5.74) is 2.43. The van der Waals surface area contributed by atoms with Crippen LogP contribution in [0.4, 0.5) is 19.3 Å². The number of piperazine rings is 1. The number of fused-ring (bicyclic) bond motifs is 1. The molecule has 0 bridgehead atoms. The van der Waals surface area contributed by atoms with Crippen molar-refractivity contribution >= 4 is 22.9 Å². The number of anilines is 1. The molecule has 1 aliphatic rings. The maximum atomic E-state index is 13.8. The van der Waals surface area contributed by atoms with Crippen LogP contribution in [0.25, 0.3) is 16.9 Å². The third kappa shape index (κ3) is 4.40. The van der Waals surface area contributed by atoms with Crippen molar-refractivity contribution in [2.24, 2.45) is 0 Å². The first kappa shape index (κ1) is 21.0. The molecule has 0 saturated carbocycles. The van der Waals surface area contributed by atoms with Crippen LogP contribution >= 0.6 is 0 Å². The van der Waals surface area contributed by atoms with Crippen molar-refractivity contribution in [1.82, 2.24) is 24.3 Å². The number of imidazole rings is 1. The van der Waals surface area contributed by atoms with E-state index in [2.05, 4.69) is 15.2 Å². The monoisotopic (exact) mass is 448 g/mol. The summed E-state index contributed by atoms with van der Waals surface area (Å²) >= 11 is 0. The van der Waals surface area contributed by atoms with Crippen molar-refractivity contribution in [1.29, 1.82) is 0 Å². The zero-order valence-corrected chi connectivity index (χ0v) is 17.8. The SMILES string of the molecule is O=C(Nc1ccccc1F)N1CCN(Cc2nc3cccnc3n2-c2ccc(F)cc2)CC1. The number of urea groups is 1. The van der Waals surface area contributed by atoms with Crippen molar-refractivity contribution in [3.8, 4) is 5.69 Å². The van der Waals surface area contributed by atoms with Crippen LogP contribution in [0.1, 0.15) is 5.82 Å². The van der Waals surface area contributed by atoms with Gasteiger partial charge in [-0.3, -0.25) is 9.47 Å². The lowest BCUT2D eigenvalue weighted by atomic mass is 10.3. The largest absolute Gasteiger partial charge is 0.322 e. The fraction of sp³-hybridized carbons (Fsp3) is 0.208. The maximum Gasteiger partial charge on any atom is 0.322 e. The fourth-order valence-electron chi connectivity index (χ4n) is 3.99. The lowest BCUT2D eigenvalue weighted by molar-refractivity contribution is 0.140.